The van der Waals surface area contributed by atoms with E-state index in [0.29, 0.717) is 34.8 Å². The molecule has 17 nitrogen and oxygen atoms in total. The second kappa shape index (κ2) is 16.5. The van der Waals surface area contributed by atoms with Crippen molar-refractivity contribution in [2.75, 3.05) is 5.32 Å². The first kappa shape index (κ1) is 42.3. The fourth-order valence-electron chi connectivity index (χ4n) is 6.62. The molecule has 2 aromatic carbocycles. The number of fused-ring (bicyclic) bond motifs is 2. The van der Waals surface area contributed by atoms with Crippen LogP contribution in [0, 0.1) is 0 Å². The van der Waals surface area contributed by atoms with Crippen molar-refractivity contribution in [3.05, 3.63) is 75.3 Å². The minimum atomic E-state index is -5.01. The predicted molar refractivity (Wildman–Crippen MR) is 206 cm³/mol. The first-order valence-electron chi connectivity index (χ1n) is 18.1. The summed E-state index contributed by atoms with van der Waals surface area (Å²) >= 11 is 6.34. The number of β-lactam (4-membered cyclic amide) rings is 1. The summed E-state index contributed by atoms with van der Waals surface area (Å²) in [6, 6.07) is 11.0. The van der Waals surface area contributed by atoms with Crippen molar-refractivity contribution in [1.29, 1.82) is 0 Å². The zero-order chi connectivity index (χ0) is 41.4. The maximum atomic E-state index is 13.7. The second-order valence-electron chi connectivity index (χ2n) is 15.4. The average molecular weight is 871 g/mol. The molecule has 6 N–H and O–H groups in total. The van der Waals surface area contributed by atoms with E-state index in [2.05, 4.69) is 48.6 Å². The zero-order valence-electron chi connectivity index (χ0n) is 32.1. The van der Waals surface area contributed by atoms with E-state index in [4.69, 9.17) is 39.6 Å². The van der Waals surface area contributed by atoms with Gasteiger partial charge in [-0.05, 0) is 34.6 Å². The van der Waals surface area contributed by atoms with Crippen molar-refractivity contribution in [3.8, 4) is 5.75 Å². The Hall–Kier alpha value is -4.30. The van der Waals surface area contributed by atoms with E-state index in [1.165, 1.54) is 30.4 Å². The monoisotopic (exact) mass is 869 g/mol. The minimum absolute atomic E-state index is 0.000155. The number of nitrogens with two attached hydrogens (primary N) is 1. The van der Waals surface area contributed by atoms with Crippen molar-refractivity contribution in [2.45, 2.75) is 109 Å². The number of hydrogen-bond donors (Lipinski definition) is 5. The Balaban J connectivity index is 1.12. The number of carbonyl (C=O) groups excluding carboxylic acids is 3. The third-order valence-electron chi connectivity index (χ3n) is 9.57. The molecular weight excluding hydrogens is 825 g/mol. The Morgan fingerprint density at radius 1 is 1.18 bits per heavy atom. The number of hydroxylamine groups is 2. The molecule has 310 valence electrons. The molecule has 0 radical (unpaired) electrons. The molecule has 4 atom stereocenters. The number of nitrogens with one attached hydrogen (secondary N) is 3. The van der Waals surface area contributed by atoms with Gasteiger partial charge in [-0.3, -0.25) is 19.5 Å². The number of oxime groups is 1. The van der Waals surface area contributed by atoms with Crippen molar-refractivity contribution in [1.82, 2.24) is 20.7 Å². The van der Waals surface area contributed by atoms with Crippen LogP contribution in [0.1, 0.15) is 93.9 Å². The molecule has 1 saturated heterocycles. The van der Waals surface area contributed by atoms with Crippen molar-refractivity contribution in [2.24, 2.45) is 10.9 Å². The summed E-state index contributed by atoms with van der Waals surface area (Å²) < 4.78 is 48.3. The number of benzene rings is 2. The van der Waals surface area contributed by atoms with E-state index in [1.807, 2.05) is 18.2 Å². The van der Waals surface area contributed by atoms with Crippen LogP contribution >= 0.6 is 11.3 Å². The molecule has 1 aromatic heterocycles. The molecule has 1 aliphatic carbocycles. The Kier molecular flexibility index (Phi) is 12.3. The second-order valence-corrected chi connectivity index (χ2v) is 17.8. The molecule has 1 unspecified atom stereocenters. The van der Waals surface area contributed by atoms with Crippen LogP contribution in [0.2, 0.25) is 0 Å². The number of hydrogen-bond acceptors (Lipinski definition) is 14. The van der Waals surface area contributed by atoms with Gasteiger partial charge in [-0.2, -0.15) is 13.5 Å². The van der Waals surface area contributed by atoms with Crippen LogP contribution in [0.25, 0.3) is 0 Å². The average Bonchev–Trinajstić information content (AvgIpc) is 3.75. The van der Waals surface area contributed by atoms with Gasteiger partial charge in [0.05, 0.1) is 5.54 Å². The van der Waals surface area contributed by atoms with Crippen LogP contribution < -0.4 is 26.4 Å². The van der Waals surface area contributed by atoms with Gasteiger partial charge in [0.25, 0.3) is 5.91 Å². The van der Waals surface area contributed by atoms with E-state index >= 15 is 0 Å². The summed E-state index contributed by atoms with van der Waals surface area (Å²) in [4.78, 5) is 49.0. The summed E-state index contributed by atoms with van der Waals surface area (Å²) in [5.74, 6) is -1.18. The summed E-state index contributed by atoms with van der Waals surface area (Å²) in [5, 5.41) is 14.5. The third-order valence-corrected chi connectivity index (χ3v) is 11.1. The maximum absolute atomic E-state index is 13.7. The molecule has 0 bridgehead atoms. The summed E-state index contributed by atoms with van der Waals surface area (Å²) in [5.41, 5.74) is 9.19. The van der Waals surface area contributed by atoms with Crippen molar-refractivity contribution < 1.29 is 61.0 Å². The number of nitrogens with zero attached hydrogens (tertiary/aromatic N) is 3. The van der Waals surface area contributed by atoms with Crippen LogP contribution in [0.4, 0.5) is 9.93 Å². The SMILES string of the molecule is C[C@H](O/N=C(\C(=O)N[C@@H]1C(=O)N(OS(=O)(=O)O)C1(C)C)c1csc(NC(=O)OC(C)(C)C)n1)[C@H]1CCc2cc([C](=[Ni])NCc3ccc4c(c3)CCC4N)ccc2O1. The van der Waals surface area contributed by atoms with Gasteiger partial charge < -0.3 is 10.1 Å². The summed E-state index contributed by atoms with van der Waals surface area (Å²) in [6.45, 7) is 10.3. The number of amides is 3. The Morgan fingerprint density at radius 2 is 1.91 bits per heavy atom. The number of aromatic nitrogens is 1. The predicted octanol–water partition coefficient (Wildman–Crippen LogP) is 3.59. The van der Waals surface area contributed by atoms with E-state index < -0.39 is 57.7 Å². The van der Waals surface area contributed by atoms with Crippen LogP contribution in [0.3, 0.4) is 0 Å². The molecule has 3 amide bonds. The molecular formula is C37H45N7NiO10S2. The first-order chi connectivity index (χ1) is 26.7. The molecule has 2 aliphatic heterocycles. The van der Waals surface area contributed by atoms with E-state index in [1.54, 1.807) is 27.7 Å². The van der Waals surface area contributed by atoms with Crippen LogP contribution in [0.5, 0.6) is 5.75 Å². The Labute approximate surface area is 341 Å². The van der Waals surface area contributed by atoms with Gasteiger partial charge in [0.1, 0.15) is 11.6 Å². The molecule has 3 heterocycles. The number of ether oxygens (including phenoxy) is 2. The summed E-state index contributed by atoms with van der Waals surface area (Å²) in [7, 11) is -5.01. The number of aryl methyl sites for hydroxylation is 2. The third kappa shape index (κ3) is 10.1. The number of rotatable bonds is 13. The quantitative estimate of drug-likeness (QED) is 0.0544. The molecule has 1 fully saturated rings. The normalized spacial score (nSPS) is 20.7. The standard InChI is InChI=1S/C37H45N7O10S2.Ni/c1-20(28-14-10-24-16-22(8-13-29(24)51-28)18-39-17-21-7-11-25-23(15-21)9-12-26(25)38)53-43-30(27-19-55-34(40-27)42-35(47)52-36(2,3)4)32(45)41-31-33(46)44(37(31,5)6)54-56(48,49)50;/h7-8,11,13,15-16,19-20,26,28,31,39H,9-10,12,14,17,38H2,1-6H3,(H,41,45)(H,40,42,47)(H,48,49,50);/b43-30-;/t20-,26?,28+,31+;/m0./s1. The number of carbonyl (C=O) groups is 3. The molecule has 3 aromatic rings. The van der Waals surface area contributed by atoms with Crippen molar-refractivity contribution >= 4 is 55.1 Å². The number of thiazole rings is 1. The molecule has 6 rings (SSSR count). The molecule has 0 spiro atoms. The summed E-state index contributed by atoms with van der Waals surface area (Å²) in [6.07, 6.45) is 1.26. The molecule has 57 heavy (non-hydrogen) atoms. The Morgan fingerprint density at radius 3 is 2.61 bits per heavy atom. The van der Waals surface area contributed by atoms with Crippen LogP contribution in [-0.4, -0.2) is 80.6 Å². The topological polar surface area (TPSA) is 233 Å². The van der Waals surface area contributed by atoms with E-state index in [-0.39, 0.29) is 22.6 Å². The van der Waals surface area contributed by atoms with Gasteiger partial charge in [-0.25, -0.2) is 9.78 Å². The number of anilines is 1. The molecule has 3 aliphatic rings. The van der Waals surface area contributed by atoms with Gasteiger partial charge >= 0.3 is 207 Å². The van der Waals surface area contributed by atoms with Crippen LogP contribution in [-0.2, 0) is 68.3 Å². The van der Waals surface area contributed by atoms with E-state index in [9.17, 15) is 22.8 Å². The van der Waals surface area contributed by atoms with Gasteiger partial charge in [0.2, 0.25) is 0 Å². The van der Waals surface area contributed by atoms with Gasteiger partial charge in [0.15, 0.2) is 5.13 Å². The van der Waals surface area contributed by atoms with E-state index in [0.717, 1.165) is 40.9 Å². The molecule has 20 heteroatoms. The van der Waals surface area contributed by atoms with Gasteiger partial charge in [-0.1, -0.05) is 0 Å². The Bertz CT molecular complexity index is 2220. The van der Waals surface area contributed by atoms with Gasteiger partial charge in [-0.15, -0.1) is 15.6 Å². The molecule has 0 saturated carbocycles. The van der Waals surface area contributed by atoms with Gasteiger partial charge in [0, 0.05) is 5.38 Å². The zero-order valence-corrected chi connectivity index (χ0v) is 34.7. The van der Waals surface area contributed by atoms with Crippen molar-refractivity contribution in [3.63, 3.8) is 0 Å². The van der Waals surface area contributed by atoms with Crippen LogP contribution in [0.15, 0.2) is 46.9 Å². The fourth-order valence-corrected chi connectivity index (χ4v) is 7.99. The first-order valence-corrected chi connectivity index (χ1v) is 20.8. The fraction of sp³-hybridized carbons (Fsp3) is 0.459.